The zero-order chi connectivity index (χ0) is 19.9. The van der Waals surface area contributed by atoms with Crippen LogP contribution in [0.4, 0.5) is 16.6 Å². The molecule has 8 heteroatoms. The molecule has 2 fully saturated rings. The summed E-state index contributed by atoms with van der Waals surface area (Å²) >= 11 is 0. The topological polar surface area (TPSA) is 105 Å². The number of carbonyl (C=O) groups is 2. The van der Waals surface area contributed by atoms with E-state index in [-0.39, 0.29) is 23.1 Å². The molecule has 1 aromatic carbocycles. The Morgan fingerprint density at radius 1 is 1.29 bits per heavy atom. The lowest BCUT2D eigenvalue weighted by Gasteiger charge is -2.24. The van der Waals surface area contributed by atoms with E-state index >= 15 is 0 Å². The van der Waals surface area contributed by atoms with Gasteiger partial charge in [0, 0.05) is 6.20 Å². The highest BCUT2D eigenvalue weighted by Gasteiger charge is 2.45. The molecular weight excluding hydrogens is 360 g/mol. The standard InChI is InChI=1S/C20H22N4O4/c1-12(2)15-11-28-19(27)24(15)16-7-10-21-18(22-16)23-20(8-9-20)14-5-3-13(4-6-14)17(25)26/h3-7,10,12,15H,8-9,11H2,1-2H3,(H,25,26)(H,21,22,23)/t15-/m1/s1. The van der Waals surface area contributed by atoms with Gasteiger partial charge in [-0.2, -0.15) is 4.98 Å². The van der Waals surface area contributed by atoms with E-state index in [1.54, 1.807) is 29.3 Å². The van der Waals surface area contributed by atoms with Crippen molar-refractivity contribution in [3.8, 4) is 0 Å². The highest BCUT2D eigenvalue weighted by molar-refractivity contribution is 5.89. The third kappa shape index (κ3) is 3.26. The van der Waals surface area contributed by atoms with Crippen LogP contribution in [-0.4, -0.2) is 39.8 Å². The fourth-order valence-corrected chi connectivity index (χ4v) is 3.49. The summed E-state index contributed by atoms with van der Waals surface area (Å²) in [6.45, 7) is 4.43. The Morgan fingerprint density at radius 3 is 2.61 bits per heavy atom. The van der Waals surface area contributed by atoms with Crippen molar-refractivity contribution >= 4 is 23.8 Å². The van der Waals surface area contributed by atoms with Crippen molar-refractivity contribution in [2.45, 2.75) is 38.3 Å². The first-order valence-electron chi connectivity index (χ1n) is 9.31. The van der Waals surface area contributed by atoms with Gasteiger partial charge in [-0.1, -0.05) is 26.0 Å². The number of carbonyl (C=O) groups excluding carboxylic acids is 1. The molecule has 0 unspecified atom stereocenters. The van der Waals surface area contributed by atoms with Crippen LogP contribution in [0.25, 0.3) is 0 Å². The van der Waals surface area contributed by atoms with E-state index in [1.807, 2.05) is 26.0 Å². The van der Waals surface area contributed by atoms with E-state index in [0.29, 0.717) is 18.4 Å². The van der Waals surface area contributed by atoms with Crippen LogP contribution in [0.5, 0.6) is 0 Å². The molecule has 0 bridgehead atoms. The maximum Gasteiger partial charge on any atom is 0.415 e. The summed E-state index contributed by atoms with van der Waals surface area (Å²) in [5.74, 6) is 0.230. The van der Waals surface area contributed by atoms with Gasteiger partial charge in [0.15, 0.2) is 0 Å². The number of rotatable bonds is 6. The summed E-state index contributed by atoms with van der Waals surface area (Å²) in [6.07, 6.45) is 3.02. The summed E-state index contributed by atoms with van der Waals surface area (Å²) in [4.78, 5) is 33.7. The first kappa shape index (κ1) is 18.2. The minimum absolute atomic E-state index is 0.0614. The van der Waals surface area contributed by atoms with E-state index in [4.69, 9.17) is 9.84 Å². The molecule has 1 atom stereocenters. The van der Waals surface area contributed by atoms with E-state index in [9.17, 15) is 9.59 Å². The highest BCUT2D eigenvalue weighted by Crippen LogP contribution is 2.48. The van der Waals surface area contributed by atoms with Crippen molar-refractivity contribution in [1.82, 2.24) is 9.97 Å². The van der Waals surface area contributed by atoms with Crippen molar-refractivity contribution in [3.05, 3.63) is 47.7 Å². The zero-order valence-electron chi connectivity index (χ0n) is 15.8. The van der Waals surface area contributed by atoms with Crippen LogP contribution in [0, 0.1) is 5.92 Å². The maximum absolute atomic E-state index is 12.2. The van der Waals surface area contributed by atoms with Crippen LogP contribution in [0.15, 0.2) is 36.5 Å². The number of carboxylic acid groups (broad SMARTS) is 1. The highest BCUT2D eigenvalue weighted by atomic mass is 16.6. The Bertz CT molecular complexity index is 909. The molecule has 1 amide bonds. The number of anilines is 2. The van der Waals surface area contributed by atoms with E-state index in [2.05, 4.69) is 15.3 Å². The second-order valence-electron chi connectivity index (χ2n) is 7.59. The maximum atomic E-state index is 12.2. The largest absolute Gasteiger partial charge is 0.478 e. The van der Waals surface area contributed by atoms with Crippen LogP contribution < -0.4 is 10.2 Å². The number of nitrogens with zero attached hydrogens (tertiary/aromatic N) is 3. The number of amides is 1. The average Bonchev–Trinajstić information content (AvgIpc) is 3.34. The third-order valence-corrected chi connectivity index (χ3v) is 5.35. The van der Waals surface area contributed by atoms with Gasteiger partial charge >= 0.3 is 12.1 Å². The summed E-state index contributed by atoms with van der Waals surface area (Å²) in [5, 5.41) is 12.4. The van der Waals surface area contributed by atoms with Crippen molar-refractivity contribution in [3.63, 3.8) is 0 Å². The number of hydrogen-bond donors (Lipinski definition) is 2. The van der Waals surface area contributed by atoms with E-state index in [1.165, 1.54) is 0 Å². The smallest absolute Gasteiger partial charge is 0.415 e. The summed E-state index contributed by atoms with van der Waals surface area (Å²) in [6, 6.07) is 8.48. The number of cyclic esters (lactones) is 1. The quantitative estimate of drug-likeness (QED) is 0.790. The number of aromatic carboxylic acids is 1. The van der Waals surface area contributed by atoms with Crippen LogP contribution in [0.2, 0.25) is 0 Å². The number of nitrogens with one attached hydrogen (secondary N) is 1. The number of carboxylic acids is 1. The van der Waals surface area contributed by atoms with Gasteiger partial charge in [-0.25, -0.2) is 14.6 Å². The normalized spacial score (nSPS) is 20.2. The first-order chi connectivity index (χ1) is 13.4. The molecule has 1 saturated carbocycles. The SMILES string of the molecule is CC(C)[C@H]1COC(=O)N1c1ccnc(NC2(c3ccc(C(=O)O)cc3)CC2)n1. The van der Waals surface area contributed by atoms with E-state index in [0.717, 1.165) is 18.4 Å². The number of ether oxygens (including phenoxy) is 1. The number of aromatic nitrogens is 2. The van der Waals surface area contributed by atoms with Gasteiger partial charge in [0.2, 0.25) is 5.95 Å². The summed E-state index contributed by atoms with van der Waals surface area (Å²) < 4.78 is 5.20. The van der Waals surface area contributed by atoms with Crippen molar-refractivity contribution in [1.29, 1.82) is 0 Å². The minimum atomic E-state index is -0.947. The van der Waals surface area contributed by atoms with Crippen molar-refractivity contribution < 1.29 is 19.4 Å². The monoisotopic (exact) mass is 382 g/mol. The summed E-state index contributed by atoms with van der Waals surface area (Å²) in [5.41, 5.74) is 0.940. The van der Waals surface area contributed by atoms with Crippen LogP contribution in [-0.2, 0) is 10.3 Å². The Hall–Kier alpha value is -3.16. The second kappa shape index (κ2) is 6.78. The van der Waals surface area contributed by atoms with Crippen molar-refractivity contribution in [2.75, 3.05) is 16.8 Å². The zero-order valence-corrected chi connectivity index (χ0v) is 15.8. The third-order valence-electron chi connectivity index (χ3n) is 5.35. The molecule has 0 spiro atoms. The van der Waals surface area contributed by atoms with Gasteiger partial charge in [0.05, 0.1) is 17.1 Å². The molecule has 2 heterocycles. The average molecular weight is 382 g/mol. The molecule has 28 heavy (non-hydrogen) atoms. The predicted octanol–water partition coefficient (Wildman–Crippen LogP) is 3.26. The Kier molecular flexibility index (Phi) is 4.41. The van der Waals surface area contributed by atoms with Gasteiger partial charge in [0.1, 0.15) is 12.4 Å². The lowest BCUT2D eigenvalue weighted by Crippen LogP contribution is -2.38. The van der Waals surface area contributed by atoms with Gasteiger partial charge in [-0.3, -0.25) is 4.90 Å². The molecule has 146 valence electrons. The molecule has 2 aromatic rings. The van der Waals surface area contributed by atoms with Crippen LogP contribution in [0.3, 0.4) is 0 Å². The second-order valence-corrected chi connectivity index (χ2v) is 7.59. The van der Waals surface area contributed by atoms with Gasteiger partial charge < -0.3 is 15.2 Å². The van der Waals surface area contributed by atoms with Gasteiger partial charge in [-0.15, -0.1) is 0 Å². The lowest BCUT2D eigenvalue weighted by atomic mass is 10.0. The Morgan fingerprint density at radius 2 is 2.00 bits per heavy atom. The minimum Gasteiger partial charge on any atom is -0.478 e. The predicted molar refractivity (Wildman–Crippen MR) is 102 cm³/mol. The Balaban J connectivity index is 1.57. The fraction of sp³-hybridized carbons (Fsp3) is 0.400. The molecule has 2 aliphatic rings. The lowest BCUT2D eigenvalue weighted by molar-refractivity contribution is 0.0696. The molecule has 1 aliphatic carbocycles. The molecular formula is C20H22N4O4. The van der Waals surface area contributed by atoms with Crippen molar-refractivity contribution in [2.24, 2.45) is 5.92 Å². The van der Waals surface area contributed by atoms with Gasteiger partial charge in [-0.05, 0) is 42.5 Å². The molecule has 0 radical (unpaired) electrons. The first-order valence-corrected chi connectivity index (χ1v) is 9.31. The molecule has 4 rings (SSSR count). The molecule has 1 saturated heterocycles. The number of hydrogen-bond acceptors (Lipinski definition) is 6. The molecule has 2 N–H and O–H groups in total. The van der Waals surface area contributed by atoms with Crippen LogP contribution in [0.1, 0.15) is 42.6 Å². The Labute approximate surface area is 162 Å². The summed E-state index contributed by atoms with van der Waals surface area (Å²) in [7, 11) is 0. The number of benzene rings is 1. The van der Waals surface area contributed by atoms with Gasteiger partial charge in [0.25, 0.3) is 0 Å². The molecule has 1 aliphatic heterocycles. The van der Waals surface area contributed by atoms with E-state index < -0.39 is 12.1 Å². The van der Waals surface area contributed by atoms with Crippen LogP contribution >= 0.6 is 0 Å². The molecule has 1 aromatic heterocycles. The fourth-order valence-electron chi connectivity index (χ4n) is 3.49. The molecule has 8 nitrogen and oxygen atoms in total.